The molecule has 0 aromatic carbocycles. The summed E-state index contributed by atoms with van der Waals surface area (Å²) in [7, 11) is 0. The Morgan fingerprint density at radius 3 is 2.88 bits per heavy atom. The molecule has 1 N–H and O–H groups in total. The van der Waals surface area contributed by atoms with Gasteiger partial charge in [-0.3, -0.25) is 0 Å². The number of hydroxylamine groups is 3. The summed E-state index contributed by atoms with van der Waals surface area (Å²) in [6, 6.07) is -0.553. The van der Waals surface area contributed by atoms with E-state index in [4.69, 9.17) is 9.47 Å². The number of hydrogen-bond donors (Lipinski definition) is 1. The van der Waals surface area contributed by atoms with E-state index in [2.05, 4.69) is 6.58 Å². The Morgan fingerprint density at radius 2 is 2.20 bits per heavy atom. The largest absolute Gasteiger partial charge is 0.632 e. The molecule has 0 spiro atoms. The van der Waals surface area contributed by atoms with Crippen LogP contribution in [0.25, 0.3) is 0 Å². The van der Waals surface area contributed by atoms with Gasteiger partial charge in [-0.1, -0.05) is 12.7 Å². The summed E-state index contributed by atoms with van der Waals surface area (Å²) in [6.07, 6.45) is 3.24. The smallest absolute Gasteiger partial charge is 0.342 e. The quantitative estimate of drug-likeness (QED) is 0.231. The van der Waals surface area contributed by atoms with Gasteiger partial charge in [-0.15, -0.1) is 0 Å². The highest BCUT2D eigenvalue weighted by atomic mass is 16.6. The molecule has 2 unspecified atom stereocenters. The number of aliphatic hydroxyl groups is 1. The lowest BCUT2D eigenvalue weighted by Crippen LogP contribution is -2.48. The molecule has 0 aromatic heterocycles. The van der Waals surface area contributed by atoms with Gasteiger partial charge < -0.3 is 24.4 Å². The monoisotopic (exact) mass is 349 g/mol. The lowest BCUT2D eigenvalue weighted by Gasteiger charge is -2.40. The van der Waals surface area contributed by atoms with E-state index in [1.165, 1.54) is 6.92 Å². The maximum Gasteiger partial charge on any atom is 0.342 e. The fourth-order valence-corrected chi connectivity index (χ4v) is 3.69. The molecule has 4 atom stereocenters. The lowest BCUT2D eigenvalue weighted by molar-refractivity contribution is -0.877. The normalized spacial score (nSPS) is 40.7. The molecule has 0 saturated carbocycles. The first kappa shape index (κ1) is 17.8. The number of hydrogen-bond acceptors (Lipinski definition) is 6. The number of cyclic esters (lactones) is 1. The standard InChI is InChI=1S/C18H23NO6/c1-4-12-9-11(2)18(3,22)17(21)24-10-13-5-7-19(23)8-6-14(15(13)19)25-16(12)20/h4-5,14-15,22H,2,6-10H2,1,3H3/b12-4-/t14?,15-,18-,19?/m1/s1. The minimum absolute atomic E-state index is 0.00507. The second kappa shape index (κ2) is 6.09. The summed E-state index contributed by atoms with van der Waals surface area (Å²) in [5.74, 6) is -1.38. The number of carbonyl (C=O) groups excluding carboxylic acids is 2. The third-order valence-electron chi connectivity index (χ3n) is 5.42. The van der Waals surface area contributed by atoms with E-state index in [1.807, 2.05) is 0 Å². The summed E-state index contributed by atoms with van der Waals surface area (Å²) < 4.78 is 10.4. The second-order valence-electron chi connectivity index (χ2n) is 7.06. The number of esters is 2. The van der Waals surface area contributed by atoms with E-state index < -0.39 is 34.3 Å². The molecule has 7 heteroatoms. The van der Waals surface area contributed by atoms with Crippen LogP contribution in [-0.2, 0) is 19.1 Å². The zero-order chi connectivity index (χ0) is 18.4. The third kappa shape index (κ3) is 2.92. The molecule has 2 saturated heterocycles. The molecule has 136 valence electrons. The van der Waals surface area contributed by atoms with Crippen LogP contribution in [0.4, 0.5) is 0 Å². The van der Waals surface area contributed by atoms with Crippen LogP contribution in [0.15, 0.2) is 35.5 Å². The molecule has 0 bridgehead atoms. The van der Waals surface area contributed by atoms with Crippen LogP contribution in [0, 0.1) is 5.21 Å². The number of rotatable bonds is 0. The number of nitrogens with zero attached hydrogens (tertiary/aromatic N) is 1. The molecule has 3 aliphatic heterocycles. The van der Waals surface area contributed by atoms with E-state index >= 15 is 0 Å². The molecule has 25 heavy (non-hydrogen) atoms. The van der Waals surface area contributed by atoms with Crippen LogP contribution in [0.5, 0.6) is 0 Å². The highest BCUT2D eigenvalue weighted by Crippen LogP contribution is 2.39. The van der Waals surface area contributed by atoms with Crippen molar-refractivity contribution in [2.75, 3.05) is 19.7 Å². The maximum absolute atomic E-state index is 12.9. The van der Waals surface area contributed by atoms with Crippen molar-refractivity contribution in [1.29, 1.82) is 0 Å². The topological polar surface area (TPSA) is 95.9 Å². The Labute approximate surface area is 146 Å². The van der Waals surface area contributed by atoms with E-state index in [-0.39, 0.29) is 30.7 Å². The van der Waals surface area contributed by atoms with Crippen molar-refractivity contribution in [3.63, 3.8) is 0 Å². The van der Waals surface area contributed by atoms with Gasteiger partial charge in [-0.25, -0.2) is 9.59 Å². The van der Waals surface area contributed by atoms with Crippen LogP contribution in [-0.4, -0.2) is 59.1 Å². The van der Waals surface area contributed by atoms with Crippen molar-refractivity contribution in [3.05, 3.63) is 40.7 Å². The molecule has 0 aromatic rings. The van der Waals surface area contributed by atoms with Gasteiger partial charge in [0.2, 0.25) is 0 Å². The van der Waals surface area contributed by atoms with Gasteiger partial charge in [0.05, 0.1) is 13.1 Å². The summed E-state index contributed by atoms with van der Waals surface area (Å²) >= 11 is 0. The number of quaternary nitrogens is 1. The maximum atomic E-state index is 12.9. The van der Waals surface area contributed by atoms with Crippen LogP contribution < -0.4 is 0 Å². The average molecular weight is 349 g/mol. The van der Waals surface area contributed by atoms with Gasteiger partial charge in [0.15, 0.2) is 17.7 Å². The molecule has 3 heterocycles. The van der Waals surface area contributed by atoms with Crippen LogP contribution >= 0.6 is 0 Å². The number of allylic oxidation sites excluding steroid dienone is 1. The Morgan fingerprint density at radius 1 is 1.48 bits per heavy atom. The van der Waals surface area contributed by atoms with Crippen molar-refractivity contribution < 1.29 is 28.8 Å². The molecule has 7 nitrogen and oxygen atoms in total. The Balaban J connectivity index is 1.96. The number of carbonyl (C=O) groups is 2. The summed E-state index contributed by atoms with van der Waals surface area (Å²) in [5, 5.41) is 23.4. The molecular weight excluding hydrogens is 326 g/mol. The first-order valence-corrected chi connectivity index (χ1v) is 8.40. The Bertz CT molecular complexity index is 692. The Hall–Kier alpha value is -1.96. The van der Waals surface area contributed by atoms with Crippen molar-refractivity contribution >= 4 is 11.9 Å². The van der Waals surface area contributed by atoms with E-state index in [9.17, 15) is 19.9 Å². The SMILES string of the molecule is C=C1C/C(=C/C)C(=O)OC2CC[N+]3([O-])CC=C(COC(=O)[C@]1(C)O)[C@H]23. The molecule has 3 rings (SSSR count). The van der Waals surface area contributed by atoms with Gasteiger partial charge in [-0.05, 0) is 25.5 Å². The fourth-order valence-electron chi connectivity index (χ4n) is 3.69. The zero-order valence-electron chi connectivity index (χ0n) is 14.5. The predicted octanol–water partition coefficient (Wildman–Crippen LogP) is 1.13. The summed E-state index contributed by atoms with van der Waals surface area (Å²) in [6.45, 7) is 7.22. The van der Waals surface area contributed by atoms with E-state index in [0.717, 1.165) is 0 Å². The zero-order valence-corrected chi connectivity index (χ0v) is 14.5. The molecular formula is C18H23NO6. The number of ether oxygens (including phenoxy) is 2. The first-order chi connectivity index (χ1) is 11.7. The first-order valence-electron chi connectivity index (χ1n) is 8.40. The van der Waals surface area contributed by atoms with Crippen molar-refractivity contribution in [3.8, 4) is 0 Å². The van der Waals surface area contributed by atoms with Crippen LogP contribution in [0.3, 0.4) is 0 Å². The third-order valence-corrected chi connectivity index (χ3v) is 5.42. The van der Waals surface area contributed by atoms with Crippen molar-refractivity contribution in [2.45, 2.75) is 44.4 Å². The summed E-state index contributed by atoms with van der Waals surface area (Å²) in [5.41, 5.74) is -0.841. The minimum atomic E-state index is -1.93. The fraction of sp³-hybridized carbons (Fsp3) is 0.556. The average Bonchev–Trinajstić information content (AvgIpc) is 3.05. The Kier molecular flexibility index (Phi) is 4.35. The van der Waals surface area contributed by atoms with E-state index in [0.29, 0.717) is 18.5 Å². The van der Waals surface area contributed by atoms with Gasteiger partial charge in [0.25, 0.3) is 0 Å². The van der Waals surface area contributed by atoms with Gasteiger partial charge in [0.1, 0.15) is 6.61 Å². The molecule has 0 aliphatic carbocycles. The summed E-state index contributed by atoms with van der Waals surface area (Å²) in [4.78, 5) is 24.8. The van der Waals surface area contributed by atoms with Gasteiger partial charge in [-0.2, -0.15) is 0 Å². The van der Waals surface area contributed by atoms with Crippen molar-refractivity contribution in [2.24, 2.45) is 0 Å². The molecule has 0 amide bonds. The molecule has 2 fully saturated rings. The van der Waals surface area contributed by atoms with E-state index in [1.54, 1.807) is 19.1 Å². The van der Waals surface area contributed by atoms with Crippen LogP contribution in [0.1, 0.15) is 26.7 Å². The molecule has 3 aliphatic rings. The van der Waals surface area contributed by atoms with Crippen LogP contribution in [0.2, 0.25) is 0 Å². The van der Waals surface area contributed by atoms with Crippen molar-refractivity contribution in [1.82, 2.24) is 0 Å². The highest BCUT2D eigenvalue weighted by molar-refractivity contribution is 5.90. The van der Waals surface area contributed by atoms with Gasteiger partial charge >= 0.3 is 11.9 Å². The minimum Gasteiger partial charge on any atom is -0.632 e. The predicted molar refractivity (Wildman–Crippen MR) is 88.8 cm³/mol. The second-order valence-corrected chi connectivity index (χ2v) is 7.06. The molecule has 0 radical (unpaired) electrons. The highest BCUT2D eigenvalue weighted by Gasteiger charge is 2.51. The van der Waals surface area contributed by atoms with Gasteiger partial charge in [0, 0.05) is 24.0 Å². The lowest BCUT2D eigenvalue weighted by atomic mass is 9.91.